The summed E-state index contributed by atoms with van der Waals surface area (Å²) in [5, 5.41) is 7.20. The Morgan fingerprint density at radius 2 is 1.93 bits per heavy atom. The third kappa shape index (κ3) is 7.07. The second-order valence-electron chi connectivity index (χ2n) is 10.3. The molecule has 1 aromatic heterocycles. The van der Waals surface area contributed by atoms with Gasteiger partial charge in [0.25, 0.3) is 5.91 Å². The summed E-state index contributed by atoms with van der Waals surface area (Å²) >= 11 is 12.1. The number of benzene rings is 2. The van der Waals surface area contributed by atoms with Gasteiger partial charge in [0.05, 0.1) is 21.4 Å². The molecule has 0 saturated carbocycles. The molecule has 0 bridgehead atoms. The predicted molar refractivity (Wildman–Crippen MR) is 160 cm³/mol. The number of carbonyl (C=O) groups is 2. The van der Waals surface area contributed by atoms with Gasteiger partial charge in [0.2, 0.25) is 0 Å². The van der Waals surface area contributed by atoms with Gasteiger partial charge in [-0.15, -0.1) is 0 Å². The Labute approximate surface area is 245 Å². The zero-order valence-electron chi connectivity index (χ0n) is 22.4. The fourth-order valence-corrected chi connectivity index (χ4v) is 5.42. The van der Waals surface area contributed by atoms with Crippen LogP contribution in [0.4, 0.5) is 0 Å². The topological polar surface area (TPSA) is 74.3 Å². The Hall–Kier alpha value is -3.29. The van der Waals surface area contributed by atoms with Crippen LogP contribution < -0.4 is 10.6 Å². The Morgan fingerprint density at radius 3 is 2.75 bits per heavy atom. The Morgan fingerprint density at radius 1 is 1.07 bits per heavy atom. The summed E-state index contributed by atoms with van der Waals surface area (Å²) in [6.45, 7) is 6.42. The van der Waals surface area contributed by atoms with Gasteiger partial charge < -0.3 is 10.6 Å². The molecule has 5 rings (SSSR count). The van der Waals surface area contributed by atoms with Crippen molar-refractivity contribution in [3.63, 3.8) is 0 Å². The number of carbonyl (C=O) groups excluding carboxylic acids is 2. The Balaban J connectivity index is 1.22. The van der Waals surface area contributed by atoms with Gasteiger partial charge in [-0.3, -0.25) is 19.5 Å². The van der Waals surface area contributed by atoms with Gasteiger partial charge in [0, 0.05) is 61.4 Å². The maximum atomic E-state index is 13.0. The predicted octanol–water partition coefficient (Wildman–Crippen LogP) is 5.85. The summed E-state index contributed by atoms with van der Waals surface area (Å²) in [6.07, 6.45) is 5.87. The van der Waals surface area contributed by atoms with Gasteiger partial charge >= 0.3 is 0 Å². The normalized spacial score (nSPS) is 19.2. The first-order chi connectivity index (χ1) is 19.4. The lowest BCUT2D eigenvalue weighted by molar-refractivity contribution is -0.117. The maximum Gasteiger partial charge on any atom is 0.251 e. The molecule has 1 saturated heterocycles. The number of piperazine rings is 1. The van der Waals surface area contributed by atoms with Crippen LogP contribution in [-0.2, 0) is 17.9 Å². The van der Waals surface area contributed by atoms with E-state index in [1.54, 1.807) is 30.4 Å². The summed E-state index contributed by atoms with van der Waals surface area (Å²) < 4.78 is 0. The van der Waals surface area contributed by atoms with Crippen LogP contribution in [0.25, 0.3) is 11.3 Å². The van der Waals surface area contributed by atoms with Crippen LogP contribution in [0.1, 0.15) is 35.0 Å². The quantitative estimate of drug-likeness (QED) is 0.330. The molecule has 206 valence electrons. The first-order valence-electron chi connectivity index (χ1n) is 13.5. The van der Waals surface area contributed by atoms with Crippen molar-refractivity contribution in [1.29, 1.82) is 0 Å². The van der Waals surface area contributed by atoms with Gasteiger partial charge in [-0.2, -0.15) is 0 Å². The highest BCUT2D eigenvalue weighted by Gasteiger charge is 2.22. The Kier molecular flexibility index (Phi) is 9.12. The van der Waals surface area contributed by atoms with Gasteiger partial charge in [-0.05, 0) is 55.3 Å². The van der Waals surface area contributed by atoms with Gasteiger partial charge in [0.1, 0.15) is 0 Å². The molecule has 40 heavy (non-hydrogen) atoms. The molecule has 0 spiro atoms. The average Bonchev–Trinajstić information content (AvgIpc) is 2.97. The summed E-state index contributed by atoms with van der Waals surface area (Å²) in [5.41, 5.74) is 4.88. The zero-order chi connectivity index (χ0) is 28.1. The summed E-state index contributed by atoms with van der Waals surface area (Å²) in [7, 11) is 0. The van der Waals surface area contributed by atoms with Crippen LogP contribution in [-0.4, -0.2) is 47.3 Å². The number of rotatable bonds is 8. The van der Waals surface area contributed by atoms with Crippen molar-refractivity contribution in [3.8, 4) is 11.3 Å². The number of nitrogens with zero attached hydrogens (tertiary/aromatic N) is 2. The maximum absolute atomic E-state index is 13.0. The standard InChI is InChI=1S/C32H32Cl2N4O2/c1-21-19-38(14-13-35-21)20-27-9-4-10-30(37-27)23-6-2-5-22(15-23)18-36-32(40)26-8-3-7-24(16-26)31(39)25-11-12-28(33)29(34)17-25/h2-6,8-12,15-17,21,24,35H,7,13-14,18-20H2,1H3,(H,36,40)/t21-,24?/m0/s1. The van der Waals surface area contributed by atoms with Crippen LogP contribution in [0.2, 0.25) is 10.0 Å². The van der Waals surface area contributed by atoms with Crippen molar-refractivity contribution in [3.05, 3.63) is 111 Å². The van der Waals surface area contributed by atoms with E-state index >= 15 is 0 Å². The molecule has 2 N–H and O–H groups in total. The number of Topliss-reactive ketones (excluding diaryl/α,β-unsaturated/α-hetero) is 1. The van der Waals surface area contributed by atoms with E-state index in [1.165, 1.54) is 0 Å². The van der Waals surface area contributed by atoms with Crippen LogP contribution in [0.5, 0.6) is 0 Å². The molecule has 0 radical (unpaired) electrons. The second-order valence-corrected chi connectivity index (χ2v) is 11.2. The summed E-state index contributed by atoms with van der Waals surface area (Å²) in [5.74, 6) is -0.755. The molecule has 2 aliphatic rings. The minimum absolute atomic E-state index is 0.0953. The van der Waals surface area contributed by atoms with E-state index in [-0.39, 0.29) is 11.7 Å². The molecule has 1 amide bonds. The van der Waals surface area contributed by atoms with Crippen LogP contribution in [0, 0.1) is 5.92 Å². The van der Waals surface area contributed by atoms with Crippen molar-refractivity contribution in [2.45, 2.75) is 32.5 Å². The van der Waals surface area contributed by atoms with Gasteiger partial charge in [-0.1, -0.05) is 65.7 Å². The highest BCUT2D eigenvalue weighted by molar-refractivity contribution is 6.42. The van der Waals surface area contributed by atoms with E-state index in [2.05, 4.69) is 40.7 Å². The van der Waals surface area contributed by atoms with E-state index in [1.807, 2.05) is 30.3 Å². The molecule has 2 heterocycles. The number of hydrogen-bond donors (Lipinski definition) is 2. The summed E-state index contributed by atoms with van der Waals surface area (Å²) in [6, 6.07) is 19.5. The number of hydrogen-bond acceptors (Lipinski definition) is 5. The average molecular weight is 576 g/mol. The lowest BCUT2D eigenvalue weighted by Crippen LogP contribution is -2.48. The van der Waals surface area contributed by atoms with Crippen molar-refractivity contribution in [1.82, 2.24) is 20.5 Å². The molecule has 3 aromatic rings. The third-order valence-corrected chi connectivity index (χ3v) is 7.93. The van der Waals surface area contributed by atoms with E-state index < -0.39 is 5.92 Å². The van der Waals surface area contributed by atoms with Crippen LogP contribution >= 0.6 is 23.2 Å². The summed E-state index contributed by atoms with van der Waals surface area (Å²) in [4.78, 5) is 33.3. The minimum Gasteiger partial charge on any atom is -0.348 e. The number of allylic oxidation sites excluding steroid dienone is 2. The molecule has 8 heteroatoms. The van der Waals surface area contributed by atoms with Crippen molar-refractivity contribution >= 4 is 34.9 Å². The number of nitrogens with one attached hydrogen (secondary N) is 2. The largest absolute Gasteiger partial charge is 0.348 e. The van der Waals surface area contributed by atoms with Crippen molar-refractivity contribution in [2.24, 2.45) is 5.92 Å². The molecular weight excluding hydrogens is 543 g/mol. The highest BCUT2D eigenvalue weighted by Crippen LogP contribution is 2.27. The monoisotopic (exact) mass is 574 g/mol. The van der Waals surface area contributed by atoms with E-state index in [0.29, 0.717) is 40.2 Å². The zero-order valence-corrected chi connectivity index (χ0v) is 23.9. The number of amides is 1. The van der Waals surface area contributed by atoms with E-state index in [9.17, 15) is 9.59 Å². The van der Waals surface area contributed by atoms with Crippen molar-refractivity contribution < 1.29 is 9.59 Å². The van der Waals surface area contributed by atoms with Gasteiger partial charge in [0.15, 0.2) is 5.78 Å². The van der Waals surface area contributed by atoms with Crippen molar-refractivity contribution in [2.75, 3.05) is 19.6 Å². The highest BCUT2D eigenvalue weighted by atomic mass is 35.5. The lowest BCUT2D eigenvalue weighted by Gasteiger charge is -2.31. The molecule has 2 atom stereocenters. The van der Waals surface area contributed by atoms with Crippen LogP contribution in [0.3, 0.4) is 0 Å². The second kappa shape index (κ2) is 12.9. The number of ketones is 1. The smallest absolute Gasteiger partial charge is 0.251 e. The molecule has 1 aliphatic heterocycles. The fourth-order valence-electron chi connectivity index (χ4n) is 5.12. The number of aromatic nitrogens is 1. The molecule has 1 aliphatic carbocycles. The van der Waals surface area contributed by atoms with E-state index in [0.717, 1.165) is 48.7 Å². The first-order valence-corrected chi connectivity index (χ1v) is 14.3. The fraction of sp³-hybridized carbons (Fsp3) is 0.281. The number of pyridine rings is 1. The third-order valence-electron chi connectivity index (χ3n) is 7.19. The van der Waals surface area contributed by atoms with Crippen LogP contribution in [0.15, 0.2) is 84.5 Å². The minimum atomic E-state index is -0.436. The molecular formula is C32H32Cl2N4O2. The molecule has 2 aromatic carbocycles. The van der Waals surface area contributed by atoms with E-state index in [4.69, 9.17) is 28.2 Å². The lowest BCUT2D eigenvalue weighted by atomic mass is 9.89. The Bertz CT molecular complexity index is 1470. The van der Waals surface area contributed by atoms with Gasteiger partial charge in [-0.25, -0.2) is 0 Å². The molecule has 1 unspecified atom stereocenters. The first kappa shape index (κ1) is 28.2. The molecule has 6 nitrogen and oxygen atoms in total. The molecule has 1 fully saturated rings. The SMILES string of the molecule is C[C@H]1CN(Cc2cccc(-c3cccc(CNC(=O)C4=CC(C(=O)c5ccc(Cl)c(Cl)c5)CC=C4)c3)n2)CCN1. The number of halogens is 2.